The lowest BCUT2D eigenvalue weighted by Crippen LogP contribution is -2.54. The monoisotopic (exact) mass is 687 g/mol. The zero-order valence-corrected chi connectivity index (χ0v) is 27.5. The third kappa shape index (κ3) is 7.70. The highest BCUT2D eigenvalue weighted by molar-refractivity contribution is 9.10. The van der Waals surface area contributed by atoms with E-state index in [0.29, 0.717) is 49.1 Å². The van der Waals surface area contributed by atoms with Crippen molar-refractivity contribution >= 4 is 27.7 Å². The molecule has 9 nitrogen and oxygen atoms in total. The second-order valence-electron chi connectivity index (χ2n) is 10.8. The van der Waals surface area contributed by atoms with Gasteiger partial charge in [-0.15, -0.1) is 0 Å². The molecule has 4 aromatic rings. The van der Waals surface area contributed by atoms with E-state index < -0.39 is 11.6 Å². The van der Waals surface area contributed by atoms with Crippen LogP contribution in [0.15, 0.2) is 107 Å². The SMILES string of the molecule is COc1ccc(CCNNC(=O)[C@@]2(Cc3ccccc3Br)N=C(c3ccc(OCCCO)cc3)O[C@H]2c2ccccc2)cc1OC. The summed E-state index contributed by atoms with van der Waals surface area (Å²) >= 11 is 3.67. The first-order valence-electron chi connectivity index (χ1n) is 15.1. The van der Waals surface area contributed by atoms with Gasteiger partial charge < -0.3 is 24.1 Å². The highest BCUT2D eigenvalue weighted by Crippen LogP contribution is 2.43. The molecule has 46 heavy (non-hydrogen) atoms. The maximum atomic E-state index is 14.4. The van der Waals surface area contributed by atoms with E-state index in [1.165, 1.54) is 0 Å². The number of nitrogens with zero attached hydrogens (tertiary/aromatic N) is 1. The Morgan fingerprint density at radius 2 is 1.70 bits per heavy atom. The molecule has 3 N–H and O–H groups in total. The lowest BCUT2D eigenvalue weighted by Gasteiger charge is -2.31. The van der Waals surface area contributed by atoms with Crippen LogP contribution in [0.5, 0.6) is 17.2 Å². The molecule has 0 saturated carbocycles. The number of hydrazine groups is 1. The summed E-state index contributed by atoms with van der Waals surface area (Å²) in [5.41, 5.74) is 8.23. The Balaban J connectivity index is 1.44. The number of aliphatic hydroxyl groups is 1. The van der Waals surface area contributed by atoms with Gasteiger partial charge >= 0.3 is 0 Å². The average Bonchev–Trinajstić information content (AvgIpc) is 3.48. The van der Waals surface area contributed by atoms with Crippen LogP contribution < -0.4 is 25.1 Å². The number of benzene rings is 4. The first-order chi connectivity index (χ1) is 22.5. The molecule has 240 valence electrons. The number of aliphatic hydroxyl groups excluding tert-OH is 1. The largest absolute Gasteiger partial charge is 0.494 e. The Hall–Kier alpha value is -4.38. The van der Waals surface area contributed by atoms with Gasteiger partial charge in [-0.3, -0.25) is 10.2 Å². The number of hydrogen-bond donors (Lipinski definition) is 3. The van der Waals surface area contributed by atoms with Crippen molar-refractivity contribution in [1.29, 1.82) is 0 Å². The second kappa shape index (κ2) is 15.8. The average molecular weight is 689 g/mol. The summed E-state index contributed by atoms with van der Waals surface area (Å²) in [7, 11) is 3.21. The Morgan fingerprint density at radius 1 is 0.957 bits per heavy atom. The predicted octanol–water partition coefficient (Wildman–Crippen LogP) is 5.59. The first kappa shape index (κ1) is 33.0. The van der Waals surface area contributed by atoms with Gasteiger partial charge in [0.15, 0.2) is 23.1 Å². The number of hydrogen-bond acceptors (Lipinski definition) is 8. The standard InChI is InChI=1S/C36H38BrN3O6/c1-43-31-18-13-25(23-32(31)44-2)19-20-38-40-35(42)36(24-28-11-6-7-12-30(28)37)33(26-9-4-3-5-10-26)46-34(39-36)27-14-16-29(17-15-27)45-22-8-21-41/h3-7,9-18,23,33,38,41H,8,19-22,24H2,1-2H3,(H,40,42)/t33-,36-/m0/s1. The van der Waals surface area contributed by atoms with E-state index in [-0.39, 0.29) is 18.9 Å². The summed E-state index contributed by atoms with van der Waals surface area (Å²) in [4.78, 5) is 19.5. The van der Waals surface area contributed by atoms with Crippen LogP contribution in [0.4, 0.5) is 0 Å². The van der Waals surface area contributed by atoms with Crippen molar-refractivity contribution in [2.45, 2.75) is 30.9 Å². The lowest BCUT2D eigenvalue weighted by molar-refractivity contribution is -0.130. The minimum absolute atomic E-state index is 0.0658. The van der Waals surface area contributed by atoms with Gasteiger partial charge in [0.1, 0.15) is 5.75 Å². The minimum Gasteiger partial charge on any atom is -0.494 e. The van der Waals surface area contributed by atoms with E-state index >= 15 is 0 Å². The zero-order valence-electron chi connectivity index (χ0n) is 25.9. The topological polar surface area (TPSA) is 111 Å². The molecule has 1 amide bonds. The van der Waals surface area contributed by atoms with E-state index in [9.17, 15) is 4.79 Å². The third-order valence-corrected chi connectivity index (χ3v) is 8.51. The summed E-state index contributed by atoms with van der Waals surface area (Å²) in [5, 5.41) is 9.06. The quantitative estimate of drug-likeness (QED) is 0.110. The van der Waals surface area contributed by atoms with Crippen molar-refractivity contribution in [3.63, 3.8) is 0 Å². The van der Waals surface area contributed by atoms with Crippen LogP contribution in [0.2, 0.25) is 0 Å². The van der Waals surface area contributed by atoms with Gasteiger partial charge in [0.2, 0.25) is 5.90 Å². The van der Waals surface area contributed by atoms with Crippen molar-refractivity contribution in [3.8, 4) is 17.2 Å². The molecule has 0 fully saturated rings. The van der Waals surface area contributed by atoms with E-state index in [0.717, 1.165) is 26.7 Å². The molecular weight excluding hydrogens is 650 g/mol. The lowest BCUT2D eigenvalue weighted by atomic mass is 9.82. The molecule has 0 aliphatic carbocycles. The van der Waals surface area contributed by atoms with E-state index in [1.54, 1.807) is 14.2 Å². The Kier molecular flexibility index (Phi) is 11.3. The number of carbonyl (C=O) groups excluding carboxylic acids is 1. The molecule has 2 atom stereocenters. The summed E-state index contributed by atoms with van der Waals surface area (Å²) in [5.74, 6) is 2.03. The first-order valence-corrected chi connectivity index (χ1v) is 15.9. The molecule has 0 aromatic heterocycles. The smallest absolute Gasteiger partial charge is 0.266 e. The summed E-state index contributed by atoms with van der Waals surface area (Å²) in [6, 6.07) is 30.7. The molecule has 1 aliphatic heterocycles. The summed E-state index contributed by atoms with van der Waals surface area (Å²) < 4.78 is 24.0. The Labute approximate surface area is 277 Å². The van der Waals surface area contributed by atoms with Crippen molar-refractivity contribution in [2.75, 3.05) is 34.0 Å². The van der Waals surface area contributed by atoms with Gasteiger partial charge in [0.25, 0.3) is 5.91 Å². The zero-order chi connectivity index (χ0) is 32.4. The van der Waals surface area contributed by atoms with E-state index in [1.807, 2.05) is 97.1 Å². The van der Waals surface area contributed by atoms with Crippen LogP contribution in [0.25, 0.3) is 0 Å². The van der Waals surface area contributed by atoms with Gasteiger partial charge in [-0.2, -0.15) is 0 Å². The molecular formula is C36H38BrN3O6. The van der Waals surface area contributed by atoms with Crippen LogP contribution in [-0.2, 0) is 22.4 Å². The highest BCUT2D eigenvalue weighted by atomic mass is 79.9. The predicted molar refractivity (Wildman–Crippen MR) is 180 cm³/mol. The maximum absolute atomic E-state index is 14.4. The fourth-order valence-corrected chi connectivity index (χ4v) is 5.76. The number of carbonyl (C=O) groups is 1. The van der Waals surface area contributed by atoms with Crippen molar-refractivity contribution in [1.82, 2.24) is 10.9 Å². The molecule has 5 rings (SSSR count). The molecule has 0 bridgehead atoms. The maximum Gasteiger partial charge on any atom is 0.266 e. The number of amides is 1. The Morgan fingerprint density at radius 3 is 2.41 bits per heavy atom. The third-order valence-electron chi connectivity index (χ3n) is 7.74. The van der Waals surface area contributed by atoms with Crippen LogP contribution in [-0.4, -0.2) is 56.4 Å². The molecule has 10 heteroatoms. The Bertz CT molecular complexity index is 1630. The van der Waals surface area contributed by atoms with Gasteiger partial charge in [0, 0.05) is 36.0 Å². The highest BCUT2D eigenvalue weighted by Gasteiger charge is 2.53. The fourth-order valence-electron chi connectivity index (χ4n) is 5.34. The van der Waals surface area contributed by atoms with Crippen LogP contribution in [0.3, 0.4) is 0 Å². The molecule has 1 heterocycles. The molecule has 0 saturated heterocycles. The van der Waals surface area contributed by atoms with Gasteiger partial charge in [-0.25, -0.2) is 10.4 Å². The van der Waals surface area contributed by atoms with Gasteiger partial charge in [-0.05, 0) is 65.6 Å². The normalized spacial score (nSPS) is 17.1. The van der Waals surface area contributed by atoms with Crippen molar-refractivity contribution < 1.29 is 28.8 Å². The minimum atomic E-state index is -1.34. The summed E-state index contributed by atoms with van der Waals surface area (Å²) in [6.45, 7) is 0.950. The number of aliphatic imine (C=N–C) groups is 1. The molecule has 1 aliphatic rings. The fraction of sp³-hybridized carbons (Fsp3) is 0.278. The number of methoxy groups -OCH3 is 2. The van der Waals surface area contributed by atoms with Gasteiger partial charge in [0.05, 0.1) is 20.8 Å². The molecule has 0 radical (unpaired) electrons. The van der Waals surface area contributed by atoms with Gasteiger partial charge in [-0.1, -0.05) is 70.5 Å². The van der Waals surface area contributed by atoms with Crippen LogP contribution in [0, 0.1) is 0 Å². The van der Waals surface area contributed by atoms with E-state index in [2.05, 4.69) is 26.8 Å². The summed E-state index contributed by atoms with van der Waals surface area (Å²) in [6.07, 6.45) is 0.760. The number of rotatable bonds is 15. The molecule has 0 spiro atoms. The molecule has 0 unspecified atom stereocenters. The number of ether oxygens (including phenoxy) is 4. The second-order valence-corrected chi connectivity index (χ2v) is 11.6. The van der Waals surface area contributed by atoms with E-state index in [4.69, 9.17) is 29.0 Å². The van der Waals surface area contributed by atoms with Crippen molar-refractivity contribution in [2.24, 2.45) is 4.99 Å². The van der Waals surface area contributed by atoms with Crippen LogP contribution >= 0.6 is 15.9 Å². The molecule has 4 aromatic carbocycles. The number of halogens is 1. The van der Waals surface area contributed by atoms with Crippen molar-refractivity contribution in [3.05, 3.63) is 124 Å². The van der Waals surface area contributed by atoms with Crippen LogP contribution in [0.1, 0.15) is 34.8 Å². The number of nitrogens with one attached hydrogen (secondary N) is 2.